The summed E-state index contributed by atoms with van der Waals surface area (Å²) in [5.41, 5.74) is 0.789. The summed E-state index contributed by atoms with van der Waals surface area (Å²) in [6.07, 6.45) is 4.05. The number of nitrogens with zero attached hydrogens (tertiary/aromatic N) is 5. The van der Waals surface area contributed by atoms with E-state index in [2.05, 4.69) is 20.3 Å². The van der Waals surface area contributed by atoms with E-state index in [-0.39, 0.29) is 41.0 Å². The van der Waals surface area contributed by atoms with Crippen molar-refractivity contribution in [1.29, 1.82) is 0 Å². The molecule has 10 nitrogen and oxygen atoms in total. The van der Waals surface area contributed by atoms with Gasteiger partial charge in [0, 0.05) is 41.8 Å². The van der Waals surface area contributed by atoms with E-state index in [0.717, 1.165) is 6.07 Å². The van der Waals surface area contributed by atoms with Crippen LogP contribution in [0.5, 0.6) is 0 Å². The second kappa shape index (κ2) is 13.3. The highest BCUT2D eigenvalue weighted by atomic mass is 35.5. The lowest BCUT2D eigenvalue weighted by Gasteiger charge is -2.36. The van der Waals surface area contributed by atoms with E-state index in [1.54, 1.807) is 25.4 Å². The van der Waals surface area contributed by atoms with Crippen molar-refractivity contribution in [2.45, 2.75) is 32.7 Å². The topological polar surface area (TPSA) is 119 Å². The van der Waals surface area contributed by atoms with Gasteiger partial charge in [0.05, 0.1) is 35.0 Å². The number of aliphatic imine (C=N–C) groups is 1. The number of thiazole rings is 1. The van der Waals surface area contributed by atoms with E-state index in [0.29, 0.717) is 48.4 Å². The Balaban J connectivity index is 1.51. The smallest absolute Gasteiger partial charge is 0.358 e. The number of ether oxygens (including phenoxy) is 2. The summed E-state index contributed by atoms with van der Waals surface area (Å²) in [4.78, 5) is 45.4. The molecule has 5 rings (SSSR count). The van der Waals surface area contributed by atoms with Crippen LogP contribution in [0.3, 0.4) is 0 Å². The van der Waals surface area contributed by atoms with Crippen molar-refractivity contribution in [2.75, 3.05) is 31.2 Å². The first kappa shape index (κ1) is 30.8. The number of amidine groups is 1. The van der Waals surface area contributed by atoms with Crippen molar-refractivity contribution < 1.29 is 27.8 Å². The highest BCUT2D eigenvalue weighted by molar-refractivity contribution is 7.11. The van der Waals surface area contributed by atoms with Crippen LogP contribution in [0.25, 0.3) is 0 Å². The third kappa shape index (κ3) is 6.34. The molecule has 0 aliphatic carbocycles. The van der Waals surface area contributed by atoms with E-state index >= 15 is 0 Å². The molecule has 1 atom stereocenters. The summed E-state index contributed by atoms with van der Waals surface area (Å²) >= 11 is 13.7. The van der Waals surface area contributed by atoms with Gasteiger partial charge in [0.1, 0.15) is 6.04 Å². The molecule has 1 fully saturated rings. The average Bonchev–Trinajstić information content (AvgIpc) is 3.55. The van der Waals surface area contributed by atoms with Crippen molar-refractivity contribution >= 4 is 58.3 Å². The molecule has 4 heterocycles. The van der Waals surface area contributed by atoms with Crippen LogP contribution in [0, 0.1) is 17.6 Å². The van der Waals surface area contributed by atoms with Crippen molar-refractivity contribution in [3.05, 3.63) is 79.1 Å². The lowest BCUT2D eigenvalue weighted by Crippen LogP contribution is -2.42. The van der Waals surface area contributed by atoms with Gasteiger partial charge in [0.15, 0.2) is 28.2 Å². The van der Waals surface area contributed by atoms with E-state index < -0.39 is 34.6 Å². The molecule has 2 aliphatic heterocycles. The summed E-state index contributed by atoms with van der Waals surface area (Å²) in [6, 6.07) is 1.19. The predicted molar refractivity (Wildman–Crippen MR) is 157 cm³/mol. The standard InChI is InChI=1S/C28H26Cl2F2N6O4S/c1-3-41-26(39)18-21(14-7-10-38(11-8-14)28-34-13-16(29)23(37-28)27(40)42-4-2)35-24(25-33-9-12-43-25)36-22(18)15-5-6-17(31)20(32)19(15)30/h5-6,9,12-14,22H,3-4,7-8,10-11H2,1-2H3,(H,35,36). The summed E-state index contributed by atoms with van der Waals surface area (Å²) < 4.78 is 39.1. The zero-order valence-electron chi connectivity index (χ0n) is 23.1. The molecule has 1 saturated heterocycles. The fourth-order valence-corrected chi connectivity index (χ4v) is 5.98. The Hall–Kier alpha value is -3.68. The molecular weight excluding hydrogens is 625 g/mol. The quantitative estimate of drug-likeness (QED) is 0.248. The van der Waals surface area contributed by atoms with Crippen molar-refractivity contribution in [3.63, 3.8) is 0 Å². The molecule has 0 radical (unpaired) electrons. The van der Waals surface area contributed by atoms with Gasteiger partial charge in [-0.2, -0.15) is 0 Å². The van der Waals surface area contributed by atoms with E-state index in [4.69, 9.17) is 37.7 Å². The first-order valence-corrected chi connectivity index (χ1v) is 15.1. The summed E-state index contributed by atoms with van der Waals surface area (Å²) in [6.45, 7) is 4.56. The van der Waals surface area contributed by atoms with Gasteiger partial charge in [0.2, 0.25) is 5.95 Å². The Kier molecular flexibility index (Phi) is 9.52. The Morgan fingerprint density at radius 1 is 1.09 bits per heavy atom. The maximum Gasteiger partial charge on any atom is 0.358 e. The lowest BCUT2D eigenvalue weighted by molar-refractivity contribution is -0.139. The maximum atomic E-state index is 14.6. The minimum Gasteiger partial charge on any atom is -0.463 e. The lowest BCUT2D eigenvalue weighted by atomic mass is 9.85. The second-order valence-electron chi connectivity index (χ2n) is 9.50. The molecule has 0 amide bonds. The summed E-state index contributed by atoms with van der Waals surface area (Å²) in [7, 11) is 0. The number of allylic oxidation sites excluding steroid dienone is 1. The van der Waals surface area contributed by atoms with Gasteiger partial charge in [-0.1, -0.05) is 29.3 Å². The fourth-order valence-electron chi connectivity index (χ4n) is 4.97. The van der Waals surface area contributed by atoms with Gasteiger partial charge >= 0.3 is 11.9 Å². The molecule has 2 aliphatic rings. The third-order valence-corrected chi connectivity index (χ3v) is 8.39. The minimum atomic E-state index is -1.23. The fraction of sp³-hybridized carbons (Fsp3) is 0.357. The Morgan fingerprint density at radius 3 is 2.49 bits per heavy atom. The molecule has 1 aromatic carbocycles. The summed E-state index contributed by atoms with van der Waals surface area (Å²) in [5.74, 6) is -3.16. The van der Waals surface area contributed by atoms with Gasteiger partial charge < -0.3 is 19.7 Å². The van der Waals surface area contributed by atoms with Crippen molar-refractivity contribution in [3.8, 4) is 0 Å². The first-order valence-electron chi connectivity index (χ1n) is 13.5. The van der Waals surface area contributed by atoms with Crippen LogP contribution in [0.2, 0.25) is 10.0 Å². The number of hydrogen-bond donors (Lipinski definition) is 1. The molecule has 0 bridgehead atoms. The van der Waals surface area contributed by atoms with Gasteiger partial charge in [-0.05, 0) is 32.8 Å². The largest absolute Gasteiger partial charge is 0.463 e. The molecule has 1 N–H and O–H groups in total. The average molecular weight is 652 g/mol. The van der Waals surface area contributed by atoms with E-state index in [1.165, 1.54) is 23.6 Å². The van der Waals surface area contributed by atoms with Crippen LogP contribution in [-0.4, -0.2) is 59.0 Å². The Labute approximate surface area is 259 Å². The number of hydrogen-bond acceptors (Lipinski definition) is 11. The predicted octanol–water partition coefficient (Wildman–Crippen LogP) is 5.52. The monoisotopic (exact) mass is 650 g/mol. The van der Waals surface area contributed by atoms with Crippen LogP contribution in [0.1, 0.15) is 53.8 Å². The number of benzene rings is 1. The van der Waals surface area contributed by atoms with Crippen LogP contribution in [-0.2, 0) is 14.3 Å². The van der Waals surface area contributed by atoms with Crippen LogP contribution >= 0.6 is 34.5 Å². The molecule has 1 unspecified atom stereocenters. The van der Waals surface area contributed by atoms with E-state index in [1.807, 2.05) is 4.90 Å². The SMILES string of the molecule is CCOC(=O)C1=C(C2CCN(c3ncc(Cl)c(C(=O)OCC)n3)CC2)NC(c2nccs2)=NC1c1ccc(F)c(F)c1Cl. The number of esters is 2. The molecule has 226 valence electrons. The maximum absolute atomic E-state index is 14.6. The van der Waals surface area contributed by atoms with E-state index in [9.17, 15) is 18.4 Å². The van der Waals surface area contributed by atoms with Crippen molar-refractivity contribution in [2.24, 2.45) is 10.9 Å². The molecule has 43 heavy (non-hydrogen) atoms. The highest BCUT2D eigenvalue weighted by Gasteiger charge is 2.38. The number of carbonyl (C=O) groups is 2. The molecular formula is C28H26Cl2F2N6O4S. The summed E-state index contributed by atoms with van der Waals surface area (Å²) in [5, 5.41) is 5.23. The number of halogens is 4. The third-order valence-electron chi connectivity index (χ3n) is 6.95. The van der Waals surface area contributed by atoms with Crippen LogP contribution in [0.4, 0.5) is 14.7 Å². The Morgan fingerprint density at radius 2 is 1.81 bits per heavy atom. The molecule has 3 aromatic rings. The van der Waals surface area contributed by atoms with Crippen LogP contribution < -0.4 is 10.2 Å². The molecule has 0 spiro atoms. The number of carbonyl (C=O) groups excluding carboxylic acids is 2. The number of aromatic nitrogens is 3. The number of piperidine rings is 1. The van der Waals surface area contributed by atoms with Crippen LogP contribution in [0.15, 0.2) is 46.2 Å². The molecule has 15 heteroatoms. The van der Waals surface area contributed by atoms with Crippen molar-refractivity contribution in [1.82, 2.24) is 20.3 Å². The first-order chi connectivity index (χ1) is 20.7. The van der Waals surface area contributed by atoms with Gasteiger partial charge in [-0.15, -0.1) is 11.3 Å². The van der Waals surface area contributed by atoms with Gasteiger partial charge in [-0.25, -0.2) is 33.3 Å². The highest BCUT2D eigenvalue weighted by Crippen LogP contribution is 2.41. The second-order valence-corrected chi connectivity index (χ2v) is 11.2. The Bertz CT molecular complexity index is 1600. The number of nitrogens with one attached hydrogen (secondary N) is 1. The minimum absolute atomic E-state index is 0.0209. The molecule has 0 saturated carbocycles. The zero-order valence-corrected chi connectivity index (χ0v) is 25.4. The zero-order chi connectivity index (χ0) is 30.7. The molecule has 2 aromatic heterocycles. The number of rotatable bonds is 8. The van der Waals surface area contributed by atoms with Gasteiger partial charge in [-0.3, -0.25) is 4.99 Å². The van der Waals surface area contributed by atoms with Gasteiger partial charge in [0.25, 0.3) is 0 Å². The normalized spacial score (nSPS) is 17.4. The number of anilines is 1.